The molecule has 0 saturated heterocycles. The van der Waals surface area contributed by atoms with Crippen LogP contribution in [0.25, 0.3) is 0 Å². The fraction of sp³-hybridized carbons (Fsp3) is 0.235. The van der Waals surface area contributed by atoms with Crippen LogP contribution in [0.5, 0.6) is 0 Å². The zero-order valence-corrected chi connectivity index (χ0v) is 15.2. The molecule has 0 saturated carbocycles. The van der Waals surface area contributed by atoms with E-state index in [1.165, 1.54) is 17.0 Å². The van der Waals surface area contributed by atoms with E-state index in [9.17, 15) is 23.2 Å². The quantitative estimate of drug-likeness (QED) is 0.635. The van der Waals surface area contributed by atoms with E-state index in [0.29, 0.717) is 11.5 Å². The number of primary amides is 1. The number of nitrogens with zero attached hydrogens (tertiary/aromatic N) is 1. The summed E-state index contributed by atoms with van der Waals surface area (Å²) >= 11 is 1.15. The molecule has 0 fully saturated rings. The Bertz CT molecular complexity index is 836. The molecule has 1 aromatic carbocycles. The van der Waals surface area contributed by atoms with Crippen molar-refractivity contribution in [3.8, 4) is 0 Å². The van der Waals surface area contributed by atoms with Crippen LogP contribution in [0.3, 0.4) is 0 Å². The van der Waals surface area contributed by atoms with E-state index in [1.807, 2.05) is 0 Å². The van der Waals surface area contributed by atoms with Gasteiger partial charge in [-0.1, -0.05) is 13.0 Å². The third-order valence-electron chi connectivity index (χ3n) is 3.59. The number of rotatable bonds is 8. The Kier molecular flexibility index (Phi) is 6.97. The zero-order chi connectivity index (χ0) is 20.0. The van der Waals surface area contributed by atoms with Crippen LogP contribution in [-0.4, -0.2) is 42.3 Å². The van der Waals surface area contributed by atoms with Gasteiger partial charge in [0.25, 0.3) is 5.91 Å². The summed E-state index contributed by atoms with van der Waals surface area (Å²) in [5, 5.41) is 6.66. The number of nitrogens with one attached hydrogen (secondary N) is 2. The fourth-order valence-electron chi connectivity index (χ4n) is 2.25. The van der Waals surface area contributed by atoms with Crippen molar-refractivity contribution in [1.82, 2.24) is 4.90 Å². The monoisotopic (exact) mass is 396 g/mol. The maximum Gasteiger partial charge on any atom is 0.251 e. The first-order valence-corrected chi connectivity index (χ1v) is 8.83. The molecule has 3 amide bonds. The molecule has 0 atom stereocenters. The molecule has 1 aromatic heterocycles. The second-order valence-electron chi connectivity index (χ2n) is 5.52. The number of hydrogen-bond donors (Lipinski definition) is 3. The first-order chi connectivity index (χ1) is 12.8. The molecular formula is C17H18F2N4O3S. The molecule has 144 valence electrons. The van der Waals surface area contributed by atoms with Gasteiger partial charge in [0.1, 0.15) is 22.3 Å². The number of halogens is 2. The Balaban J connectivity index is 1.94. The van der Waals surface area contributed by atoms with Crippen molar-refractivity contribution < 1.29 is 23.2 Å². The maximum atomic E-state index is 13.6. The van der Waals surface area contributed by atoms with Gasteiger partial charge in [0, 0.05) is 0 Å². The predicted molar refractivity (Wildman–Crippen MR) is 98.6 cm³/mol. The number of benzene rings is 1. The standard InChI is InChI=1S/C17H18F2N4O3S/c1-2-23(8-13(24)21-15-11(18)4-3-5-12(15)19)9-14(25)22-17-10(16(20)26)6-7-27-17/h3-7H,2,8-9H2,1H3,(H2,20,26)(H,21,24)(H,22,25). The number of thiophene rings is 1. The summed E-state index contributed by atoms with van der Waals surface area (Å²) in [5.74, 6) is -3.55. The van der Waals surface area contributed by atoms with Crippen LogP contribution in [-0.2, 0) is 9.59 Å². The molecule has 2 rings (SSSR count). The molecule has 10 heteroatoms. The number of carbonyl (C=O) groups excluding carboxylic acids is 3. The molecule has 4 N–H and O–H groups in total. The SMILES string of the molecule is CCN(CC(=O)Nc1sccc1C(N)=O)CC(=O)Nc1c(F)cccc1F. The van der Waals surface area contributed by atoms with Crippen molar-refractivity contribution in [1.29, 1.82) is 0 Å². The average Bonchev–Trinajstić information content (AvgIpc) is 3.06. The average molecular weight is 396 g/mol. The Labute approximate surface area is 158 Å². The molecule has 27 heavy (non-hydrogen) atoms. The molecule has 0 bridgehead atoms. The third-order valence-corrected chi connectivity index (χ3v) is 4.42. The summed E-state index contributed by atoms with van der Waals surface area (Å²) in [4.78, 5) is 36.9. The minimum Gasteiger partial charge on any atom is -0.366 e. The normalized spacial score (nSPS) is 10.7. The summed E-state index contributed by atoms with van der Waals surface area (Å²) in [5.41, 5.74) is 4.88. The van der Waals surface area contributed by atoms with Crippen LogP contribution in [0.15, 0.2) is 29.6 Å². The Morgan fingerprint density at radius 2 is 1.67 bits per heavy atom. The number of likely N-dealkylation sites (N-methyl/N-ethyl adjacent to an activating group) is 1. The van der Waals surface area contributed by atoms with Gasteiger partial charge in [-0.05, 0) is 30.1 Å². The molecule has 0 aliphatic heterocycles. The smallest absolute Gasteiger partial charge is 0.251 e. The zero-order valence-electron chi connectivity index (χ0n) is 14.4. The van der Waals surface area contributed by atoms with Crippen LogP contribution in [0, 0.1) is 11.6 Å². The van der Waals surface area contributed by atoms with Crippen molar-refractivity contribution in [3.63, 3.8) is 0 Å². The second kappa shape index (κ2) is 9.19. The molecule has 0 radical (unpaired) electrons. The summed E-state index contributed by atoms with van der Waals surface area (Å²) in [6.07, 6.45) is 0. The third kappa shape index (κ3) is 5.56. The number of anilines is 2. The lowest BCUT2D eigenvalue weighted by Gasteiger charge is -2.19. The molecule has 0 spiro atoms. The lowest BCUT2D eigenvalue weighted by molar-refractivity contribution is -0.119. The van der Waals surface area contributed by atoms with Crippen LogP contribution in [0.1, 0.15) is 17.3 Å². The van der Waals surface area contributed by atoms with E-state index in [4.69, 9.17) is 5.73 Å². The molecule has 0 unspecified atom stereocenters. The molecule has 1 heterocycles. The van der Waals surface area contributed by atoms with E-state index >= 15 is 0 Å². The van der Waals surface area contributed by atoms with E-state index in [1.54, 1.807) is 12.3 Å². The summed E-state index contributed by atoms with van der Waals surface area (Å²) in [6.45, 7) is 1.67. The Hall–Kier alpha value is -2.85. The van der Waals surface area contributed by atoms with Gasteiger partial charge in [0.05, 0.1) is 18.7 Å². The van der Waals surface area contributed by atoms with Gasteiger partial charge < -0.3 is 16.4 Å². The van der Waals surface area contributed by atoms with Gasteiger partial charge in [0.2, 0.25) is 11.8 Å². The number of amides is 3. The molecule has 0 aliphatic carbocycles. The number of nitrogens with two attached hydrogens (primary N) is 1. The highest BCUT2D eigenvalue weighted by atomic mass is 32.1. The highest BCUT2D eigenvalue weighted by molar-refractivity contribution is 7.14. The van der Waals surface area contributed by atoms with Crippen molar-refractivity contribution in [3.05, 3.63) is 46.8 Å². The van der Waals surface area contributed by atoms with Crippen molar-refractivity contribution >= 4 is 39.7 Å². The highest BCUT2D eigenvalue weighted by Gasteiger charge is 2.18. The van der Waals surface area contributed by atoms with Gasteiger partial charge in [-0.2, -0.15) is 0 Å². The van der Waals surface area contributed by atoms with Crippen molar-refractivity contribution in [2.45, 2.75) is 6.92 Å². The largest absolute Gasteiger partial charge is 0.366 e. The Morgan fingerprint density at radius 3 is 2.22 bits per heavy atom. The maximum absolute atomic E-state index is 13.6. The van der Waals surface area contributed by atoms with E-state index in [2.05, 4.69) is 10.6 Å². The van der Waals surface area contributed by atoms with Crippen LogP contribution >= 0.6 is 11.3 Å². The van der Waals surface area contributed by atoms with Crippen molar-refractivity contribution in [2.75, 3.05) is 30.3 Å². The van der Waals surface area contributed by atoms with Gasteiger partial charge in [0.15, 0.2) is 0 Å². The molecular weight excluding hydrogens is 378 g/mol. The van der Waals surface area contributed by atoms with Crippen molar-refractivity contribution in [2.24, 2.45) is 5.73 Å². The van der Waals surface area contributed by atoms with E-state index in [0.717, 1.165) is 23.5 Å². The van der Waals surface area contributed by atoms with Crippen LogP contribution in [0.2, 0.25) is 0 Å². The molecule has 2 aromatic rings. The van der Waals surface area contributed by atoms with Crippen LogP contribution in [0.4, 0.5) is 19.5 Å². The molecule has 7 nitrogen and oxygen atoms in total. The highest BCUT2D eigenvalue weighted by Crippen LogP contribution is 2.22. The van der Waals surface area contributed by atoms with Gasteiger partial charge in [-0.3, -0.25) is 19.3 Å². The lowest BCUT2D eigenvalue weighted by Crippen LogP contribution is -2.39. The lowest BCUT2D eigenvalue weighted by atomic mass is 10.3. The summed E-state index contributed by atoms with van der Waals surface area (Å²) in [6, 6.07) is 4.74. The minimum absolute atomic E-state index is 0.153. The summed E-state index contributed by atoms with van der Waals surface area (Å²) in [7, 11) is 0. The van der Waals surface area contributed by atoms with E-state index in [-0.39, 0.29) is 18.7 Å². The molecule has 0 aliphatic rings. The first kappa shape index (κ1) is 20.5. The number of para-hydroxylation sites is 1. The number of hydrogen-bond acceptors (Lipinski definition) is 5. The van der Waals surface area contributed by atoms with Crippen LogP contribution < -0.4 is 16.4 Å². The van der Waals surface area contributed by atoms with Gasteiger partial charge in [-0.25, -0.2) is 8.78 Å². The Morgan fingerprint density at radius 1 is 1.07 bits per heavy atom. The first-order valence-electron chi connectivity index (χ1n) is 7.95. The fourth-order valence-corrected chi connectivity index (χ4v) is 3.06. The topological polar surface area (TPSA) is 105 Å². The van der Waals surface area contributed by atoms with Gasteiger partial charge >= 0.3 is 0 Å². The number of carbonyl (C=O) groups is 3. The predicted octanol–water partition coefficient (Wildman–Crippen LogP) is 2.02. The second-order valence-corrected chi connectivity index (χ2v) is 6.44. The van der Waals surface area contributed by atoms with E-state index < -0.39 is 35.0 Å². The summed E-state index contributed by atoms with van der Waals surface area (Å²) < 4.78 is 27.2. The minimum atomic E-state index is -0.888. The van der Waals surface area contributed by atoms with Gasteiger partial charge in [-0.15, -0.1) is 11.3 Å².